The van der Waals surface area contributed by atoms with Gasteiger partial charge in [0, 0.05) is 26.2 Å². The molecular weight excluding hydrogens is 440 g/mol. The first-order chi connectivity index (χ1) is 17.6. The van der Waals surface area contributed by atoms with Crippen LogP contribution in [0.15, 0.2) is 0 Å². The topological polar surface area (TPSA) is 30.5 Å². The Bertz CT molecular complexity index is 406. The molecular formula is C32H70N4. The molecule has 0 bridgehead atoms. The number of nitrogens with zero attached hydrogens (tertiary/aromatic N) is 2. The normalized spacial score (nSPS) is 13.2. The lowest BCUT2D eigenvalue weighted by Crippen LogP contribution is -2.77. The molecule has 36 heavy (non-hydrogen) atoms. The molecule has 0 aliphatic rings. The minimum atomic E-state index is -0.0940. The quantitative estimate of drug-likeness (QED) is 0.0815. The fourth-order valence-electron chi connectivity index (χ4n) is 5.49. The van der Waals surface area contributed by atoms with Crippen LogP contribution >= 0.6 is 0 Å². The molecule has 0 aliphatic heterocycles. The van der Waals surface area contributed by atoms with E-state index in [0.717, 1.165) is 13.1 Å². The molecule has 0 saturated heterocycles. The Hall–Kier alpha value is -0.160. The smallest absolute Gasteiger partial charge is 0.144 e. The summed E-state index contributed by atoms with van der Waals surface area (Å²) in [7, 11) is 0. The van der Waals surface area contributed by atoms with Gasteiger partial charge in [-0.1, -0.05) is 113 Å². The van der Waals surface area contributed by atoms with Gasteiger partial charge in [0.2, 0.25) is 0 Å². The Balaban J connectivity index is 6.42. The summed E-state index contributed by atoms with van der Waals surface area (Å²) in [5, 5.41) is 8.42. The zero-order valence-electron chi connectivity index (χ0n) is 26.2. The van der Waals surface area contributed by atoms with Crippen LogP contribution in [0.3, 0.4) is 0 Å². The van der Waals surface area contributed by atoms with Crippen LogP contribution in [0.25, 0.3) is 0 Å². The van der Waals surface area contributed by atoms with Gasteiger partial charge in [0.15, 0.2) is 0 Å². The van der Waals surface area contributed by atoms with Crippen molar-refractivity contribution in [1.29, 1.82) is 0 Å². The molecule has 0 rings (SSSR count). The van der Waals surface area contributed by atoms with E-state index in [-0.39, 0.29) is 5.79 Å². The van der Waals surface area contributed by atoms with Crippen LogP contribution in [0.1, 0.15) is 158 Å². The third-order valence-corrected chi connectivity index (χ3v) is 7.70. The summed E-state index contributed by atoms with van der Waals surface area (Å²) >= 11 is 0. The number of nitrogens with one attached hydrogen (secondary N) is 2. The maximum Gasteiger partial charge on any atom is 0.144 e. The van der Waals surface area contributed by atoms with Crippen LogP contribution in [-0.2, 0) is 0 Å². The van der Waals surface area contributed by atoms with Gasteiger partial charge in [-0.3, -0.25) is 15.1 Å². The zero-order chi connectivity index (χ0) is 26.9. The van der Waals surface area contributed by atoms with Gasteiger partial charge in [-0.15, -0.1) is 0 Å². The highest BCUT2D eigenvalue weighted by Gasteiger charge is 2.47. The van der Waals surface area contributed by atoms with E-state index in [0.29, 0.717) is 6.04 Å². The molecule has 1 atom stereocenters. The van der Waals surface area contributed by atoms with Crippen LogP contribution in [0, 0.1) is 0 Å². The van der Waals surface area contributed by atoms with Gasteiger partial charge in [0.25, 0.3) is 0 Å². The molecule has 2 N–H and O–H groups in total. The van der Waals surface area contributed by atoms with Crippen molar-refractivity contribution in [3.63, 3.8) is 0 Å². The van der Waals surface area contributed by atoms with E-state index in [1.54, 1.807) is 0 Å². The SMILES string of the molecule is CCCCCCCCC(NCCC)C(NCCC)(N(CCCC)CCCC)N(CCCC)CCCC. The summed E-state index contributed by atoms with van der Waals surface area (Å²) in [6.45, 7) is 23.4. The number of hydrogen-bond acceptors (Lipinski definition) is 4. The Morgan fingerprint density at radius 1 is 0.472 bits per heavy atom. The average molecular weight is 511 g/mol. The van der Waals surface area contributed by atoms with E-state index in [1.807, 2.05) is 0 Å². The van der Waals surface area contributed by atoms with E-state index >= 15 is 0 Å². The van der Waals surface area contributed by atoms with Gasteiger partial charge < -0.3 is 5.32 Å². The van der Waals surface area contributed by atoms with Crippen molar-refractivity contribution in [2.45, 2.75) is 169 Å². The summed E-state index contributed by atoms with van der Waals surface area (Å²) in [6, 6.07) is 0.456. The van der Waals surface area contributed by atoms with Crippen LogP contribution in [-0.4, -0.2) is 60.9 Å². The summed E-state index contributed by atoms with van der Waals surface area (Å²) in [5.74, 6) is -0.0940. The fourth-order valence-corrected chi connectivity index (χ4v) is 5.49. The van der Waals surface area contributed by atoms with Crippen LogP contribution in [0.2, 0.25) is 0 Å². The first kappa shape index (κ1) is 35.8. The molecule has 0 heterocycles. The Morgan fingerprint density at radius 2 is 0.889 bits per heavy atom. The molecule has 1 unspecified atom stereocenters. The van der Waals surface area contributed by atoms with Crippen molar-refractivity contribution in [2.24, 2.45) is 0 Å². The number of unbranched alkanes of at least 4 members (excludes halogenated alkanes) is 9. The Labute approximate surface area is 229 Å². The monoisotopic (exact) mass is 511 g/mol. The molecule has 0 aromatic carbocycles. The minimum absolute atomic E-state index is 0.0940. The first-order valence-corrected chi connectivity index (χ1v) is 16.6. The second-order valence-electron chi connectivity index (χ2n) is 11.1. The average Bonchev–Trinajstić information content (AvgIpc) is 2.89. The van der Waals surface area contributed by atoms with E-state index in [2.05, 4.69) is 68.9 Å². The lowest BCUT2D eigenvalue weighted by atomic mass is 9.95. The number of hydrogen-bond donors (Lipinski definition) is 2. The van der Waals surface area contributed by atoms with Crippen molar-refractivity contribution in [3.8, 4) is 0 Å². The van der Waals surface area contributed by atoms with Gasteiger partial charge >= 0.3 is 0 Å². The number of rotatable bonds is 28. The van der Waals surface area contributed by atoms with Crippen LogP contribution in [0.4, 0.5) is 0 Å². The standard InChI is InChI=1S/C32H70N4/c1-8-15-20-21-22-23-24-31(33-25-13-6)32(34-26-14-7,35(27-16-9-2)28-17-10-3)36(29-18-11-4)30-19-12-5/h31,33-34H,8-30H2,1-7H3. The summed E-state index contributed by atoms with van der Waals surface area (Å²) in [6.07, 6.45) is 22.1. The zero-order valence-corrected chi connectivity index (χ0v) is 26.2. The second kappa shape index (κ2) is 25.1. The molecule has 4 heteroatoms. The van der Waals surface area contributed by atoms with E-state index in [1.165, 1.54) is 135 Å². The highest BCUT2D eigenvalue weighted by atomic mass is 15.5. The van der Waals surface area contributed by atoms with Gasteiger partial charge in [-0.2, -0.15) is 0 Å². The van der Waals surface area contributed by atoms with Crippen molar-refractivity contribution in [3.05, 3.63) is 0 Å². The van der Waals surface area contributed by atoms with Gasteiger partial charge in [-0.05, 0) is 58.0 Å². The van der Waals surface area contributed by atoms with Gasteiger partial charge in [0.1, 0.15) is 5.79 Å². The highest BCUT2D eigenvalue weighted by Crippen LogP contribution is 2.29. The Kier molecular flexibility index (Phi) is 25.0. The summed E-state index contributed by atoms with van der Waals surface area (Å²) in [4.78, 5) is 5.82. The molecule has 0 radical (unpaired) electrons. The van der Waals surface area contributed by atoms with Crippen molar-refractivity contribution in [2.75, 3.05) is 39.3 Å². The third kappa shape index (κ3) is 14.1. The van der Waals surface area contributed by atoms with Crippen molar-refractivity contribution in [1.82, 2.24) is 20.4 Å². The maximum absolute atomic E-state index is 4.28. The second-order valence-corrected chi connectivity index (χ2v) is 11.1. The molecule has 0 fully saturated rings. The van der Waals surface area contributed by atoms with E-state index in [4.69, 9.17) is 0 Å². The third-order valence-electron chi connectivity index (χ3n) is 7.70. The van der Waals surface area contributed by atoms with Crippen LogP contribution < -0.4 is 10.6 Å². The molecule has 0 aromatic rings. The summed E-state index contributed by atoms with van der Waals surface area (Å²) < 4.78 is 0. The lowest BCUT2D eigenvalue weighted by molar-refractivity contribution is -0.116. The van der Waals surface area contributed by atoms with E-state index < -0.39 is 0 Å². The first-order valence-electron chi connectivity index (χ1n) is 16.6. The molecule has 4 nitrogen and oxygen atoms in total. The fraction of sp³-hybridized carbons (Fsp3) is 1.00. The molecule has 0 spiro atoms. The lowest BCUT2D eigenvalue weighted by Gasteiger charge is -2.56. The summed E-state index contributed by atoms with van der Waals surface area (Å²) in [5.41, 5.74) is 0. The molecule has 0 amide bonds. The van der Waals surface area contributed by atoms with Crippen LogP contribution in [0.5, 0.6) is 0 Å². The highest BCUT2D eigenvalue weighted by molar-refractivity contribution is 4.99. The van der Waals surface area contributed by atoms with Gasteiger partial charge in [-0.25, -0.2) is 0 Å². The van der Waals surface area contributed by atoms with Crippen molar-refractivity contribution < 1.29 is 0 Å². The van der Waals surface area contributed by atoms with Crippen molar-refractivity contribution >= 4 is 0 Å². The van der Waals surface area contributed by atoms with E-state index in [9.17, 15) is 0 Å². The molecule has 0 aliphatic carbocycles. The largest absolute Gasteiger partial charge is 0.310 e. The predicted octanol–water partition coefficient (Wildman–Crippen LogP) is 8.56. The molecule has 218 valence electrons. The molecule has 0 saturated carbocycles. The Morgan fingerprint density at radius 3 is 1.31 bits per heavy atom. The predicted molar refractivity (Wildman–Crippen MR) is 164 cm³/mol. The minimum Gasteiger partial charge on any atom is -0.310 e. The van der Waals surface area contributed by atoms with Gasteiger partial charge in [0.05, 0.1) is 6.04 Å². The maximum atomic E-state index is 4.28. The molecule has 0 aromatic heterocycles.